The molecule has 0 fully saturated rings. The molecule has 81 heavy (non-hydrogen) atoms. The molecule has 0 aromatic rings. The van der Waals surface area contributed by atoms with Crippen LogP contribution in [0.25, 0.3) is 0 Å². The second kappa shape index (κ2) is 85.0. The molecule has 0 rings (SSSR count). The fourth-order valence-electron chi connectivity index (χ4n) is 10.6. The van der Waals surface area contributed by atoms with Gasteiger partial charge in [0.2, 0.25) is 0 Å². The number of carboxylic acid groups (broad SMARTS) is 4. The predicted octanol–water partition coefficient (Wildman–Crippen LogP) is 20.0. The fraction of sp³-hybridized carbons (Fsp3) is 0.944. The second-order valence-corrected chi connectivity index (χ2v) is 24.3. The van der Waals surface area contributed by atoms with Gasteiger partial charge in [-0.25, -0.2) is 0 Å². The Labute approximate surface area is 520 Å². The van der Waals surface area contributed by atoms with Crippen LogP contribution in [0.5, 0.6) is 0 Å². The number of carbonyl (C=O) groups excluding carboxylic acids is 4. The van der Waals surface area contributed by atoms with Crippen LogP contribution in [0.4, 0.5) is 0 Å². The van der Waals surface area contributed by atoms with Gasteiger partial charge in [-0.3, -0.25) is 0 Å². The molecule has 0 aliphatic carbocycles. The van der Waals surface area contributed by atoms with Crippen molar-refractivity contribution in [1.82, 2.24) is 0 Å². The standard InChI is InChI=1S/4C18H36O2.Ti/c4*1-2-3-4-5-6-7-8-9-10-11-12-13-14-15-16-17-18(19)20;/h4*2-17H2,1H3,(H,19,20);/p-4. The number of hydrogen-bond acceptors (Lipinski definition) is 8. The Balaban J connectivity index is -0.000000316. The van der Waals surface area contributed by atoms with Gasteiger partial charge in [0.05, 0.1) is 0 Å². The van der Waals surface area contributed by atoms with E-state index in [0.29, 0.717) is 0 Å². The summed E-state index contributed by atoms with van der Waals surface area (Å²) in [5, 5.41) is 40.9. The summed E-state index contributed by atoms with van der Waals surface area (Å²) in [7, 11) is 0. The average Bonchev–Trinajstić information content (AvgIpc) is 3.43. The van der Waals surface area contributed by atoms with Gasteiger partial charge in [0.15, 0.2) is 0 Å². The number of aliphatic carboxylic acids is 4. The zero-order valence-electron chi connectivity index (χ0n) is 55.0. The summed E-state index contributed by atoms with van der Waals surface area (Å²) in [5.74, 6) is -3.61. The first-order chi connectivity index (χ1) is 39.1. The molecule has 8 nitrogen and oxygen atoms in total. The van der Waals surface area contributed by atoms with E-state index >= 15 is 0 Å². The monoisotopic (exact) mass is 1180 g/mol. The molecule has 484 valence electrons. The van der Waals surface area contributed by atoms with Gasteiger partial charge in [-0.2, -0.15) is 0 Å². The SMILES string of the molecule is CCCCCCCCCCCCCCCCCC(=O)[O-].CCCCCCCCCCCCCCCCCC(=O)[O-].CCCCCCCCCCCCCCCCCC(=O)[O-].CCCCCCCCCCCCCCCCCC(=O)[O-].[Ti]. The summed E-state index contributed by atoms with van der Waals surface area (Å²) in [6, 6.07) is 0. The first kappa shape index (κ1) is 88.4. The van der Waals surface area contributed by atoms with Crippen molar-refractivity contribution in [1.29, 1.82) is 0 Å². The molecule has 0 aromatic carbocycles. The van der Waals surface area contributed by atoms with Crippen LogP contribution >= 0.6 is 0 Å². The molecule has 0 saturated carbocycles. The van der Waals surface area contributed by atoms with Crippen molar-refractivity contribution >= 4 is 23.9 Å². The Morgan fingerprint density at radius 1 is 0.160 bits per heavy atom. The molecule has 0 saturated heterocycles. The maximum Gasteiger partial charge on any atom is 0.0414 e. The zero-order valence-corrected chi connectivity index (χ0v) is 56.6. The second-order valence-electron chi connectivity index (χ2n) is 24.3. The Bertz CT molecular complexity index is 990. The van der Waals surface area contributed by atoms with Gasteiger partial charge in [-0.15, -0.1) is 0 Å². The van der Waals surface area contributed by atoms with Crippen LogP contribution in [-0.4, -0.2) is 23.9 Å². The minimum absolute atomic E-state index is 0. The molecule has 0 heterocycles. The summed E-state index contributed by atoms with van der Waals surface area (Å²) in [6.45, 7) is 9.07. The maximum absolute atomic E-state index is 10.2. The van der Waals surface area contributed by atoms with E-state index in [0.717, 1.165) is 51.4 Å². The van der Waals surface area contributed by atoms with Gasteiger partial charge >= 0.3 is 0 Å². The first-order valence-corrected chi connectivity index (χ1v) is 35.9. The maximum atomic E-state index is 10.2. The Morgan fingerprint density at radius 3 is 0.309 bits per heavy atom. The Morgan fingerprint density at radius 2 is 0.235 bits per heavy atom. The molecule has 0 aliphatic rings. The Hall–Kier alpha value is -1.41. The van der Waals surface area contributed by atoms with E-state index in [1.165, 1.54) is 334 Å². The van der Waals surface area contributed by atoms with Crippen LogP contribution in [0.1, 0.15) is 439 Å². The van der Waals surface area contributed by atoms with Crippen molar-refractivity contribution in [3.63, 3.8) is 0 Å². The number of unbranched alkanes of at least 4 members (excludes halogenated alkanes) is 56. The van der Waals surface area contributed by atoms with Gasteiger partial charge in [0.1, 0.15) is 0 Å². The van der Waals surface area contributed by atoms with Crippen LogP contribution < -0.4 is 20.4 Å². The van der Waals surface area contributed by atoms with E-state index in [-0.39, 0.29) is 47.4 Å². The van der Waals surface area contributed by atoms with Crippen LogP contribution in [0.15, 0.2) is 0 Å². The topological polar surface area (TPSA) is 161 Å². The summed E-state index contributed by atoms with van der Waals surface area (Å²) >= 11 is 0. The molecule has 0 aliphatic heterocycles. The minimum atomic E-state index is -0.903. The predicted molar refractivity (Wildman–Crippen MR) is 338 cm³/mol. The molecule has 0 bridgehead atoms. The normalized spacial score (nSPS) is 10.7. The molecule has 0 aromatic heterocycles. The minimum Gasteiger partial charge on any atom is -0.550 e. The van der Waals surface area contributed by atoms with Gasteiger partial charge in [-0.05, 0) is 51.4 Å². The van der Waals surface area contributed by atoms with Crippen LogP contribution in [0.3, 0.4) is 0 Å². The first-order valence-electron chi connectivity index (χ1n) is 35.9. The molecule has 9 heteroatoms. The summed E-state index contributed by atoms with van der Waals surface area (Å²) in [4.78, 5) is 40.9. The molecular weight excluding hydrogens is 1040 g/mol. The third-order valence-electron chi connectivity index (χ3n) is 15.9. The van der Waals surface area contributed by atoms with Crippen molar-refractivity contribution in [3.8, 4) is 0 Å². The number of hydrogen-bond donors (Lipinski definition) is 0. The third kappa shape index (κ3) is 104. The molecular formula is C72H140O8Ti-4. The average molecular weight is 1180 g/mol. The number of carbonyl (C=O) groups is 4. The van der Waals surface area contributed by atoms with E-state index in [4.69, 9.17) is 0 Å². The van der Waals surface area contributed by atoms with Gasteiger partial charge in [0.25, 0.3) is 0 Å². The number of rotatable bonds is 64. The van der Waals surface area contributed by atoms with Crippen molar-refractivity contribution in [2.45, 2.75) is 439 Å². The zero-order chi connectivity index (χ0) is 59.6. The quantitative estimate of drug-likeness (QED) is 0.0430. The molecule has 0 unspecified atom stereocenters. The van der Waals surface area contributed by atoms with Crippen molar-refractivity contribution in [3.05, 3.63) is 0 Å². The number of carboxylic acids is 4. The van der Waals surface area contributed by atoms with Crippen LogP contribution in [-0.2, 0) is 40.9 Å². The van der Waals surface area contributed by atoms with Crippen molar-refractivity contribution in [2.24, 2.45) is 0 Å². The molecule has 0 spiro atoms. The van der Waals surface area contributed by atoms with E-state index in [9.17, 15) is 39.6 Å². The van der Waals surface area contributed by atoms with E-state index in [1.807, 2.05) is 0 Å². The van der Waals surface area contributed by atoms with Crippen LogP contribution in [0.2, 0.25) is 0 Å². The van der Waals surface area contributed by atoms with Crippen molar-refractivity contribution < 1.29 is 61.3 Å². The fourth-order valence-corrected chi connectivity index (χ4v) is 10.6. The van der Waals surface area contributed by atoms with Crippen molar-refractivity contribution in [2.75, 3.05) is 0 Å². The third-order valence-corrected chi connectivity index (χ3v) is 15.9. The molecule has 0 N–H and O–H groups in total. The summed E-state index contributed by atoms with van der Waals surface area (Å²) in [5.41, 5.74) is 0. The van der Waals surface area contributed by atoms with Gasteiger partial charge in [0, 0.05) is 45.6 Å². The van der Waals surface area contributed by atoms with E-state index in [1.54, 1.807) is 0 Å². The van der Waals surface area contributed by atoms with E-state index in [2.05, 4.69) is 27.7 Å². The van der Waals surface area contributed by atoms with Gasteiger partial charge < -0.3 is 39.6 Å². The van der Waals surface area contributed by atoms with Crippen LogP contribution in [0, 0.1) is 0 Å². The molecule has 0 radical (unpaired) electrons. The smallest absolute Gasteiger partial charge is 0.0414 e. The largest absolute Gasteiger partial charge is 0.550 e. The van der Waals surface area contributed by atoms with E-state index < -0.39 is 23.9 Å². The van der Waals surface area contributed by atoms with Gasteiger partial charge in [-0.1, -0.05) is 387 Å². The molecule has 0 amide bonds. The summed E-state index contributed by atoms with van der Waals surface area (Å²) in [6.07, 6.45) is 79.4. The molecule has 0 atom stereocenters. The summed E-state index contributed by atoms with van der Waals surface area (Å²) < 4.78 is 0. The Kier molecular flexibility index (Phi) is 92.8.